The first-order valence-corrected chi connectivity index (χ1v) is 5.48. The van der Waals surface area contributed by atoms with E-state index >= 15 is 0 Å². The lowest BCUT2D eigenvalue weighted by Crippen LogP contribution is -2.05. The average Bonchev–Trinajstić information content (AvgIpc) is 2.19. The first-order valence-electron chi connectivity index (χ1n) is 5.48. The van der Waals surface area contributed by atoms with Gasteiger partial charge >= 0.3 is 0 Å². The van der Waals surface area contributed by atoms with Crippen molar-refractivity contribution in [3.05, 3.63) is 22.9 Å². The summed E-state index contributed by atoms with van der Waals surface area (Å²) in [6.07, 6.45) is 0. The van der Waals surface area contributed by atoms with Crippen molar-refractivity contribution in [2.75, 3.05) is 0 Å². The Balaban J connectivity index is 2.85. The molecule has 4 nitrogen and oxygen atoms in total. The monoisotopic (exact) mass is 216 g/mol. The van der Waals surface area contributed by atoms with Crippen molar-refractivity contribution >= 4 is 11.2 Å². The van der Waals surface area contributed by atoms with Crippen LogP contribution in [0.1, 0.15) is 42.7 Å². The molecule has 2 aromatic heterocycles. The molecule has 16 heavy (non-hydrogen) atoms. The molecule has 0 aliphatic rings. The van der Waals surface area contributed by atoms with Crippen molar-refractivity contribution in [1.29, 1.82) is 0 Å². The highest BCUT2D eigenvalue weighted by Gasteiger charge is 2.12. The second-order valence-electron chi connectivity index (χ2n) is 4.38. The van der Waals surface area contributed by atoms with Crippen LogP contribution in [0, 0.1) is 20.8 Å². The smallest absolute Gasteiger partial charge is 0.182 e. The van der Waals surface area contributed by atoms with Crippen LogP contribution in [0.3, 0.4) is 0 Å². The minimum atomic E-state index is 0.334. The molecule has 0 aliphatic heterocycles. The van der Waals surface area contributed by atoms with Gasteiger partial charge in [0.1, 0.15) is 11.3 Å². The number of rotatable bonds is 1. The number of aryl methyl sites for hydroxylation is 3. The Kier molecular flexibility index (Phi) is 2.58. The number of nitrogens with zero attached hydrogens (tertiary/aromatic N) is 4. The zero-order valence-electron chi connectivity index (χ0n) is 10.4. The molecule has 0 atom stereocenters. The fourth-order valence-electron chi connectivity index (χ4n) is 1.65. The predicted octanol–water partition coefficient (Wildman–Crippen LogP) is 2.47. The Morgan fingerprint density at radius 2 is 1.44 bits per heavy atom. The molecule has 0 amide bonds. The van der Waals surface area contributed by atoms with Crippen LogP contribution in [0.15, 0.2) is 0 Å². The molecule has 2 aromatic rings. The Morgan fingerprint density at radius 3 is 2.06 bits per heavy atom. The maximum Gasteiger partial charge on any atom is 0.182 e. The zero-order valence-corrected chi connectivity index (χ0v) is 10.4. The Bertz CT molecular complexity index is 546. The predicted molar refractivity (Wildman–Crippen MR) is 63.4 cm³/mol. The second kappa shape index (κ2) is 3.77. The minimum absolute atomic E-state index is 0.334. The van der Waals surface area contributed by atoms with Crippen LogP contribution in [-0.2, 0) is 0 Å². The number of fused-ring (bicyclic) bond motifs is 1. The maximum absolute atomic E-state index is 4.55. The van der Waals surface area contributed by atoms with Crippen molar-refractivity contribution in [1.82, 2.24) is 19.9 Å². The fraction of sp³-hybridized carbons (Fsp3) is 0.500. The van der Waals surface area contributed by atoms with Gasteiger partial charge in [0.05, 0.1) is 17.1 Å². The highest BCUT2D eigenvalue weighted by Crippen LogP contribution is 2.20. The van der Waals surface area contributed by atoms with Gasteiger partial charge in [0.25, 0.3) is 0 Å². The summed E-state index contributed by atoms with van der Waals surface area (Å²) in [4.78, 5) is 17.8. The molecular formula is C12H16N4. The van der Waals surface area contributed by atoms with Gasteiger partial charge in [-0.25, -0.2) is 19.9 Å². The molecule has 0 aromatic carbocycles. The quantitative estimate of drug-likeness (QED) is 0.734. The molecule has 0 radical (unpaired) electrons. The lowest BCUT2D eigenvalue weighted by atomic mass is 10.1. The van der Waals surface area contributed by atoms with Gasteiger partial charge in [0.2, 0.25) is 0 Å². The first-order chi connectivity index (χ1) is 7.49. The van der Waals surface area contributed by atoms with Gasteiger partial charge in [-0.15, -0.1) is 0 Å². The second-order valence-corrected chi connectivity index (χ2v) is 4.38. The van der Waals surface area contributed by atoms with E-state index in [1.807, 2.05) is 20.8 Å². The summed E-state index contributed by atoms with van der Waals surface area (Å²) < 4.78 is 0. The number of hydrogen-bond acceptors (Lipinski definition) is 4. The summed E-state index contributed by atoms with van der Waals surface area (Å²) in [7, 11) is 0. The summed E-state index contributed by atoms with van der Waals surface area (Å²) in [5.41, 5.74) is 4.41. The molecule has 0 spiro atoms. The molecule has 2 heterocycles. The molecular weight excluding hydrogens is 200 g/mol. The van der Waals surface area contributed by atoms with Crippen molar-refractivity contribution in [2.24, 2.45) is 0 Å². The van der Waals surface area contributed by atoms with Gasteiger partial charge in [-0.05, 0) is 26.7 Å². The van der Waals surface area contributed by atoms with Crippen LogP contribution in [0.25, 0.3) is 11.2 Å². The normalized spacial score (nSPS) is 11.4. The van der Waals surface area contributed by atoms with E-state index in [9.17, 15) is 0 Å². The van der Waals surface area contributed by atoms with E-state index in [0.717, 1.165) is 28.4 Å². The van der Waals surface area contributed by atoms with Crippen LogP contribution < -0.4 is 0 Å². The maximum atomic E-state index is 4.55. The number of aromatic nitrogens is 4. The van der Waals surface area contributed by atoms with Gasteiger partial charge in [0, 0.05) is 0 Å². The summed E-state index contributed by atoms with van der Waals surface area (Å²) >= 11 is 0. The van der Waals surface area contributed by atoms with Crippen LogP contribution in [0.2, 0.25) is 0 Å². The van der Waals surface area contributed by atoms with Crippen LogP contribution in [0.5, 0.6) is 0 Å². The molecule has 0 fully saturated rings. The van der Waals surface area contributed by atoms with Crippen LogP contribution in [-0.4, -0.2) is 19.9 Å². The first kappa shape index (κ1) is 10.9. The van der Waals surface area contributed by atoms with E-state index in [4.69, 9.17) is 0 Å². The minimum Gasteiger partial charge on any atom is -0.246 e. The number of hydrogen-bond donors (Lipinski definition) is 0. The third-order valence-corrected chi connectivity index (χ3v) is 2.63. The summed E-state index contributed by atoms with van der Waals surface area (Å²) in [6.45, 7) is 10.0. The molecule has 4 heteroatoms. The molecule has 2 rings (SSSR count). The van der Waals surface area contributed by atoms with E-state index in [0.29, 0.717) is 11.6 Å². The molecule has 84 valence electrons. The highest BCUT2D eigenvalue weighted by atomic mass is 15.0. The average molecular weight is 216 g/mol. The molecule has 0 saturated heterocycles. The van der Waals surface area contributed by atoms with Gasteiger partial charge < -0.3 is 0 Å². The SMILES string of the molecule is Cc1nc(C(C)C)c2nc(C)c(C)nc2n1. The van der Waals surface area contributed by atoms with Crippen molar-refractivity contribution in [2.45, 2.75) is 40.5 Å². The third kappa shape index (κ3) is 1.75. The van der Waals surface area contributed by atoms with E-state index < -0.39 is 0 Å². The Hall–Kier alpha value is -1.58. The molecule has 0 bridgehead atoms. The van der Waals surface area contributed by atoms with Gasteiger partial charge in [-0.2, -0.15) is 0 Å². The topological polar surface area (TPSA) is 51.6 Å². The molecule has 0 N–H and O–H groups in total. The molecule has 0 unspecified atom stereocenters. The molecule has 0 saturated carbocycles. The van der Waals surface area contributed by atoms with Gasteiger partial charge in [0.15, 0.2) is 5.65 Å². The van der Waals surface area contributed by atoms with Crippen LogP contribution in [0.4, 0.5) is 0 Å². The summed E-state index contributed by atoms with van der Waals surface area (Å²) in [5.74, 6) is 1.09. The largest absolute Gasteiger partial charge is 0.246 e. The van der Waals surface area contributed by atoms with E-state index in [1.165, 1.54) is 0 Å². The van der Waals surface area contributed by atoms with Crippen molar-refractivity contribution in [3.63, 3.8) is 0 Å². The highest BCUT2D eigenvalue weighted by molar-refractivity contribution is 5.73. The van der Waals surface area contributed by atoms with Gasteiger partial charge in [-0.1, -0.05) is 13.8 Å². The van der Waals surface area contributed by atoms with Crippen LogP contribution >= 0.6 is 0 Å². The van der Waals surface area contributed by atoms with Crippen molar-refractivity contribution < 1.29 is 0 Å². The Labute approximate surface area is 95.2 Å². The lowest BCUT2D eigenvalue weighted by Gasteiger charge is -2.09. The van der Waals surface area contributed by atoms with E-state index in [-0.39, 0.29) is 0 Å². The fourth-order valence-corrected chi connectivity index (χ4v) is 1.65. The Morgan fingerprint density at radius 1 is 0.812 bits per heavy atom. The standard InChI is InChI=1S/C12H16N4/c1-6(2)10-11-12(16-9(5)15-10)14-8(4)7(3)13-11/h6H,1-5H3. The zero-order chi connectivity index (χ0) is 11.9. The van der Waals surface area contributed by atoms with Crippen molar-refractivity contribution in [3.8, 4) is 0 Å². The molecule has 0 aliphatic carbocycles. The lowest BCUT2D eigenvalue weighted by molar-refractivity contribution is 0.808. The summed E-state index contributed by atoms with van der Waals surface area (Å²) in [6, 6.07) is 0. The van der Waals surface area contributed by atoms with E-state index in [2.05, 4.69) is 33.8 Å². The van der Waals surface area contributed by atoms with Gasteiger partial charge in [-0.3, -0.25) is 0 Å². The third-order valence-electron chi connectivity index (χ3n) is 2.63. The summed E-state index contributed by atoms with van der Waals surface area (Å²) in [5, 5.41) is 0. The van der Waals surface area contributed by atoms with E-state index in [1.54, 1.807) is 0 Å².